The van der Waals surface area contributed by atoms with E-state index in [4.69, 9.17) is 0 Å². The summed E-state index contributed by atoms with van der Waals surface area (Å²) in [5, 5.41) is 18.7. The topological polar surface area (TPSA) is 94.3 Å². The van der Waals surface area contributed by atoms with Crippen LogP contribution < -0.4 is 5.56 Å². The Morgan fingerprint density at radius 1 is 1.22 bits per heavy atom. The SMILES string of the molecule is Cc1nn(-c2ccccc2)c(Cn2cnc3c(c(Br)nn3C)c2=O)c1C#N. The maximum absolute atomic E-state index is 12.9. The highest BCUT2D eigenvalue weighted by Crippen LogP contribution is 2.20. The Bertz CT molecular complexity index is 1260. The van der Waals surface area contributed by atoms with Crippen LogP contribution in [0.3, 0.4) is 0 Å². The van der Waals surface area contributed by atoms with Crippen LogP contribution in [0, 0.1) is 18.3 Å². The van der Waals surface area contributed by atoms with Crippen molar-refractivity contribution in [2.75, 3.05) is 0 Å². The summed E-state index contributed by atoms with van der Waals surface area (Å²) >= 11 is 3.32. The number of hydrogen-bond donors (Lipinski definition) is 0. The van der Waals surface area contributed by atoms with Crippen molar-refractivity contribution in [1.82, 2.24) is 29.1 Å². The summed E-state index contributed by atoms with van der Waals surface area (Å²) in [4.78, 5) is 17.3. The molecule has 0 radical (unpaired) electrons. The van der Waals surface area contributed by atoms with Crippen LogP contribution in [0.25, 0.3) is 16.7 Å². The third kappa shape index (κ3) is 2.74. The number of aryl methyl sites for hydroxylation is 2. The molecule has 3 aromatic heterocycles. The van der Waals surface area contributed by atoms with Crippen molar-refractivity contribution in [3.63, 3.8) is 0 Å². The lowest BCUT2D eigenvalue weighted by atomic mass is 10.2. The fraction of sp³-hybridized carbons (Fsp3) is 0.167. The number of nitrogens with zero attached hydrogens (tertiary/aromatic N) is 7. The van der Waals surface area contributed by atoms with E-state index in [1.165, 1.54) is 10.9 Å². The second-order valence-corrected chi connectivity index (χ2v) is 6.81. The van der Waals surface area contributed by atoms with Crippen LogP contribution in [-0.2, 0) is 13.6 Å². The van der Waals surface area contributed by atoms with E-state index >= 15 is 0 Å². The van der Waals surface area contributed by atoms with Gasteiger partial charge in [-0.3, -0.25) is 9.36 Å². The first-order chi connectivity index (χ1) is 13.0. The molecule has 3 heterocycles. The van der Waals surface area contributed by atoms with Crippen LogP contribution in [-0.4, -0.2) is 29.1 Å². The number of para-hydroxylation sites is 1. The zero-order valence-corrected chi connectivity index (χ0v) is 16.2. The summed E-state index contributed by atoms with van der Waals surface area (Å²) in [5.41, 5.74) is 2.78. The van der Waals surface area contributed by atoms with Gasteiger partial charge in [-0.25, -0.2) is 14.3 Å². The molecular weight excluding hydrogens is 410 g/mol. The van der Waals surface area contributed by atoms with Crippen LogP contribution in [0.15, 0.2) is 46.1 Å². The Labute approximate surface area is 162 Å². The van der Waals surface area contributed by atoms with Gasteiger partial charge in [-0.05, 0) is 35.0 Å². The van der Waals surface area contributed by atoms with Crippen molar-refractivity contribution in [1.29, 1.82) is 5.26 Å². The Morgan fingerprint density at radius 2 is 1.96 bits per heavy atom. The van der Waals surface area contributed by atoms with Gasteiger partial charge in [-0.1, -0.05) is 18.2 Å². The van der Waals surface area contributed by atoms with Gasteiger partial charge in [0.15, 0.2) is 5.65 Å². The highest BCUT2D eigenvalue weighted by Gasteiger charge is 2.19. The summed E-state index contributed by atoms with van der Waals surface area (Å²) in [6.45, 7) is 1.95. The summed E-state index contributed by atoms with van der Waals surface area (Å²) < 4.78 is 5.15. The second kappa shape index (κ2) is 6.48. The van der Waals surface area contributed by atoms with Crippen molar-refractivity contribution >= 4 is 27.0 Å². The predicted octanol–water partition coefficient (Wildman–Crippen LogP) is 2.31. The zero-order valence-electron chi connectivity index (χ0n) is 14.6. The molecule has 0 aliphatic carbocycles. The second-order valence-electron chi connectivity index (χ2n) is 6.06. The molecule has 0 amide bonds. The number of fused-ring (bicyclic) bond motifs is 1. The first-order valence-corrected chi connectivity index (χ1v) is 8.92. The standard InChI is InChI=1S/C18H14BrN7O/c1-11-13(8-20)14(26(22-11)12-6-4-3-5-7-12)9-25-10-21-17-15(18(25)27)16(19)23-24(17)2/h3-7,10H,9H2,1-2H3. The van der Waals surface area contributed by atoms with Gasteiger partial charge in [-0.2, -0.15) is 15.5 Å². The normalized spacial score (nSPS) is 11.0. The fourth-order valence-corrected chi connectivity index (χ4v) is 3.64. The molecule has 0 aliphatic rings. The van der Waals surface area contributed by atoms with Crippen molar-refractivity contribution in [3.8, 4) is 11.8 Å². The van der Waals surface area contributed by atoms with E-state index < -0.39 is 0 Å². The summed E-state index contributed by atoms with van der Waals surface area (Å²) in [7, 11) is 1.73. The molecule has 4 rings (SSSR count). The van der Waals surface area contributed by atoms with E-state index in [0.717, 1.165) is 5.69 Å². The number of aromatic nitrogens is 6. The third-order valence-electron chi connectivity index (χ3n) is 4.36. The van der Waals surface area contributed by atoms with Gasteiger partial charge >= 0.3 is 0 Å². The summed E-state index contributed by atoms with van der Waals surface area (Å²) in [6, 6.07) is 11.7. The van der Waals surface area contributed by atoms with Gasteiger partial charge in [-0.15, -0.1) is 0 Å². The molecule has 0 bridgehead atoms. The Morgan fingerprint density at radius 3 is 2.67 bits per heavy atom. The molecule has 0 unspecified atom stereocenters. The molecule has 0 saturated heterocycles. The molecule has 134 valence electrons. The van der Waals surface area contributed by atoms with Crippen LogP contribution in [0.4, 0.5) is 0 Å². The summed E-state index contributed by atoms with van der Waals surface area (Å²) in [6.07, 6.45) is 1.47. The van der Waals surface area contributed by atoms with Gasteiger partial charge in [0.1, 0.15) is 22.4 Å². The smallest absolute Gasteiger partial charge is 0.266 e. The van der Waals surface area contributed by atoms with Crippen molar-refractivity contribution in [2.24, 2.45) is 7.05 Å². The van der Waals surface area contributed by atoms with Gasteiger partial charge in [0.25, 0.3) is 5.56 Å². The lowest BCUT2D eigenvalue weighted by Gasteiger charge is -2.10. The molecule has 4 aromatic rings. The molecule has 27 heavy (non-hydrogen) atoms. The van der Waals surface area contributed by atoms with Gasteiger partial charge in [0, 0.05) is 7.05 Å². The number of hydrogen-bond acceptors (Lipinski definition) is 5. The average molecular weight is 424 g/mol. The molecule has 0 fully saturated rings. The average Bonchev–Trinajstić information content (AvgIpc) is 3.14. The van der Waals surface area contributed by atoms with Crippen molar-refractivity contribution in [3.05, 3.63) is 68.6 Å². The van der Waals surface area contributed by atoms with Crippen LogP contribution in [0.5, 0.6) is 0 Å². The molecule has 0 saturated carbocycles. The van der Waals surface area contributed by atoms with E-state index in [-0.39, 0.29) is 12.1 Å². The highest BCUT2D eigenvalue weighted by molar-refractivity contribution is 9.10. The molecule has 0 atom stereocenters. The maximum atomic E-state index is 12.9. The molecule has 8 nitrogen and oxygen atoms in total. The maximum Gasteiger partial charge on any atom is 0.266 e. The molecule has 0 N–H and O–H groups in total. The lowest BCUT2D eigenvalue weighted by Crippen LogP contribution is -2.23. The molecule has 0 aliphatic heterocycles. The van der Waals surface area contributed by atoms with E-state index in [2.05, 4.69) is 37.2 Å². The van der Waals surface area contributed by atoms with E-state index in [0.29, 0.717) is 32.6 Å². The van der Waals surface area contributed by atoms with E-state index in [1.807, 2.05) is 30.3 Å². The number of nitriles is 1. The third-order valence-corrected chi connectivity index (χ3v) is 4.91. The molecule has 0 spiro atoms. The minimum atomic E-state index is -0.234. The quantitative estimate of drug-likeness (QED) is 0.503. The highest BCUT2D eigenvalue weighted by atomic mass is 79.9. The number of benzene rings is 1. The number of rotatable bonds is 3. The van der Waals surface area contributed by atoms with Gasteiger partial charge < -0.3 is 0 Å². The van der Waals surface area contributed by atoms with Gasteiger partial charge in [0.2, 0.25) is 0 Å². The largest absolute Gasteiger partial charge is 0.292 e. The first kappa shape index (κ1) is 17.2. The minimum absolute atomic E-state index is 0.168. The van der Waals surface area contributed by atoms with E-state index in [1.54, 1.807) is 23.3 Å². The van der Waals surface area contributed by atoms with Crippen LogP contribution in [0.2, 0.25) is 0 Å². The van der Waals surface area contributed by atoms with Crippen molar-refractivity contribution < 1.29 is 0 Å². The van der Waals surface area contributed by atoms with E-state index in [9.17, 15) is 10.1 Å². The monoisotopic (exact) mass is 423 g/mol. The fourth-order valence-electron chi connectivity index (χ4n) is 3.06. The Kier molecular flexibility index (Phi) is 4.12. The minimum Gasteiger partial charge on any atom is -0.292 e. The van der Waals surface area contributed by atoms with Crippen LogP contribution in [0.1, 0.15) is 17.0 Å². The molecule has 9 heteroatoms. The molecular formula is C18H14BrN7O. The zero-order chi connectivity index (χ0) is 19.1. The molecule has 1 aromatic carbocycles. The first-order valence-electron chi connectivity index (χ1n) is 8.13. The van der Waals surface area contributed by atoms with Gasteiger partial charge in [0.05, 0.1) is 29.2 Å². The lowest BCUT2D eigenvalue weighted by molar-refractivity contribution is 0.686. The number of halogens is 1. The Balaban J connectivity index is 1.90. The van der Waals surface area contributed by atoms with Crippen molar-refractivity contribution in [2.45, 2.75) is 13.5 Å². The predicted molar refractivity (Wildman–Crippen MR) is 103 cm³/mol. The Hall–Kier alpha value is -3.25. The van der Waals surface area contributed by atoms with Crippen LogP contribution >= 0.6 is 15.9 Å². The summed E-state index contributed by atoms with van der Waals surface area (Å²) in [5.74, 6) is 0.